The fourth-order valence-corrected chi connectivity index (χ4v) is 4.50. The molecule has 0 aliphatic rings. The number of hydrogen-bond donors (Lipinski definition) is 2. The van der Waals surface area contributed by atoms with Gasteiger partial charge in [0.2, 0.25) is 0 Å². The molecule has 0 unspecified atom stereocenters. The van der Waals surface area contributed by atoms with Crippen molar-refractivity contribution in [2.75, 3.05) is 26.6 Å². The van der Waals surface area contributed by atoms with Crippen molar-refractivity contribution in [3.05, 3.63) is 64.2 Å². The third kappa shape index (κ3) is 12.3. The molecule has 1 aromatic carbocycles. The number of sulfone groups is 1. The van der Waals surface area contributed by atoms with Crippen molar-refractivity contribution in [1.82, 2.24) is 0 Å². The number of halogens is 1. The predicted molar refractivity (Wildman–Crippen MR) is 162 cm³/mol. The third-order valence-electron chi connectivity index (χ3n) is 5.98. The topological polar surface area (TPSA) is 106 Å². The predicted octanol–water partition coefficient (Wildman–Crippen LogP) is 7.40. The summed E-state index contributed by atoms with van der Waals surface area (Å²) in [4.78, 5) is 12.8. The van der Waals surface area contributed by atoms with Gasteiger partial charge >= 0.3 is 0 Å². The first-order valence-corrected chi connectivity index (χ1v) is 14.7. The van der Waals surface area contributed by atoms with Crippen LogP contribution in [0.1, 0.15) is 80.7 Å². The van der Waals surface area contributed by atoms with Crippen LogP contribution in [0.15, 0.2) is 52.8 Å². The van der Waals surface area contributed by atoms with Crippen molar-refractivity contribution >= 4 is 27.1 Å². The van der Waals surface area contributed by atoms with Crippen LogP contribution in [0.4, 0.5) is 10.1 Å². The van der Waals surface area contributed by atoms with Crippen LogP contribution >= 0.6 is 0 Å². The SMILES string of the molecule is CC.CCC(=N)C(C)(C)S(=O)(=O)Cc1cc(NC(=O)/C(C)=C(C)/C=C(\C=C(C)CC)OC)ccc1F.COC. The molecule has 2 N–H and O–H groups in total. The van der Waals surface area contributed by atoms with Gasteiger partial charge in [0.1, 0.15) is 16.3 Å². The molecule has 0 radical (unpaired) electrons. The van der Waals surface area contributed by atoms with E-state index in [9.17, 15) is 17.6 Å². The number of carbonyl (C=O) groups is 1. The average molecular weight is 569 g/mol. The zero-order chi connectivity index (χ0) is 31.0. The number of amides is 1. The number of rotatable bonds is 11. The van der Waals surface area contributed by atoms with Gasteiger partial charge in [-0.2, -0.15) is 0 Å². The van der Waals surface area contributed by atoms with Gasteiger partial charge in [0.25, 0.3) is 5.91 Å². The lowest BCUT2D eigenvalue weighted by Crippen LogP contribution is -2.40. The maximum Gasteiger partial charge on any atom is 0.251 e. The van der Waals surface area contributed by atoms with Crippen LogP contribution in [0.25, 0.3) is 0 Å². The Morgan fingerprint density at radius 2 is 1.59 bits per heavy atom. The Labute approximate surface area is 236 Å². The number of anilines is 1. The van der Waals surface area contributed by atoms with Crippen molar-refractivity contribution in [2.45, 2.75) is 85.7 Å². The fraction of sp³-hybridized carbons (Fsp3) is 0.533. The molecule has 0 aliphatic carbocycles. The zero-order valence-corrected chi connectivity index (χ0v) is 26.7. The second-order valence-corrected chi connectivity index (χ2v) is 11.7. The number of methoxy groups -OCH3 is 2. The molecule has 0 heterocycles. The summed E-state index contributed by atoms with van der Waals surface area (Å²) in [5.74, 6) is -1.03. The Kier molecular flexibility index (Phi) is 18.2. The van der Waals surface area contributed by atoms with Crippen molar-refractivity contribution in [2.24, 2.45) is 0 Å². The molecule has 1 aromatic rings. The summed E-state index contributed by atoms with van der Waals surface area (Å²) in [6.07, 6.45) is 4.83. The van der Waals surface area contributed by atoms with Crippen LogP contribution in [0.2, 0.25) is 0 Å². The van der Waals surface area contributed by atoms with Crippen molar-refractivity contribution in [3.8, 4) is 0 Å². The molecule has 0 saturated carbocycles. The van der Waals surface area contributed by atoms with Gasteiger partial charge in [-0.1, -0.05) is 33.3 Å². The van der Waals surface area contributed by atoms with E-state index in [4.69, 9.17) is 10.1 Å². The van der Waals surface area contributed by atoms with Crippen LogP contribution in [0.3, 0.4) is 0 Å². The Morgan fingerprint density at radius 1 is 1.05 bits per heavy atom. The van der Waals surface area contributed by atoms with Gasteiger partial charge in [0.15, 0.2) is 9.84 Å². The number of benzene rings is 1. The van der Waals surface area contributed by atoms with E-state index < -0.39 is 32.1 Å². The zero-order valence-electron chi connectivity index (χ0n) is 25.8. The number of ether oxygens (including phenoxy) is 2. The van der Waals surface area contributed by atoms with E-state index in [1.165, 1.54) is 26.0 Å². The Balaban J connectivity index is 0. The first kappa shape index (κ1) is 38.4. The summed E-state index contributed by atoms with van der Waals surface area (Å²) in [7, 11) is 0.947. The first-order valence-electron chi connectivity index (χ1n) is 13.0. The molecular weight excluding hydrogens is 519 g/mol. The number of carbonyl (C=O) groups excluding carboxylic acids is 1. The number of allylic oxidation sites excluding steroid dienone is 4. The van der Waals surface area contributed by atoms with Crippen LogP contribution < -0.4 is 5.32 Å². The van der Waals surface area contributed by atoms with E-state index in [1.807, 2.05) is 33.8 Å². The molecule has 0 aliphatic heterocycles. The standard InChI is InChI=1S/C26H37FN2O4S.C2H6O.C2H6/c1-9-17(3)13-22(33-8)14-18(4)19(5)25(30)29-21-11-12-23(27)20(15-21)16-34(31,32)26(6,7)24(28)10-2;1-3-2;1-2/h11-15,28H,9-10,16H2,1-8H3,(H,29,30);1-2H3;1-2H3/b17-13?,19-18+,22-14+,28-24?;;. The Hall–Kier alpha value is -2.78. The molecule has 0 atom stereocenters. The van der Waals surface area contributed by atoms with Gasteiger partial charge in [-0.3, -0.25) is 4.79 Å². The lowest BCUT2D eigenvalue weighted by Gasteiger charge is -2.25. The summed E-state index contributed by atoms with van der Waals surface area (Å²) in [5.41, 5.74) is 2.54. The summed E-state index contributed by atoms with van der Waals surface area (Å²) in [5, 5.41) is 10.7. The molecule has 0 bridgehead atoms. The van der Waals surface area contributed by atoms with E-state index in [0.717, 1.165) is 18.1 Å². The summed E-state index contributed by atoms with van der Waals surface area (Å²) in [6, 6.07) is 3.84. The van der Waals surface area contributed by atoms with Crippen LogP contribution in [-0.2, 0) is 29.9 Å². The largest absolute Gasteiger partial charge is 0.497 e. The number of hydrogen-bond acceptors (Lipinski definition) is 6. The minimum atomic E-state index is -3.86. The Bertz CT molecular complexity index is 1150. The fourth-order valence-electron chi connectivity index (χ4n) is 2.99. The van der Waals surface area contributed by atoms with Gasteiger partial charge in [-0.15, -0.1) is 0 Å². The second kappa shape index (κ2) is 18.5. The summed E-state index contributed by atoms with van der Waals surface area (Å²) >= 11 is 0. The third-order valence-corrected chi connectivity index (χ3v) is 8.47. The molecule has 0 fully saturated rings. The molecule has 0 aromatic heterocycles. The average Bonchev–Trinajstić information content (AvgIpc) is 2.90. The van der Waals surface area contributed by atoms with Crippen molar-refractivity contribution in [3.63, 3.8) is 0 Å². The summed E-state index contributed by atoms with van der Waals surface area (Å²) in [6.45, 7) is 16.1. The smallest absolute Gasteiger partial charge is 0.251 e. The van der Waals surface area contributed by atoms with E-state index >= 15 is 0 Å². The molecule has 222 valence electrons. The molecule has 0 spiro atoms. The molecule has 0 saturated heterocycles. The van der Waals surface area contributed by atoms with Crippen molar-refractivity contribution in [1.29, 1.82) is 5.41 Å². The minimum Gasteiger partial charge on any atom is -0.497 e. The van der Waals surface area contributed by atoms with Crippen LogP contribution in [0, 0.1) is 11.2 Å². The minimum absolute atomic E-state index is 0.0565. The lowest BCUT2D eigenvalue weighted by molar-refractivity contribution is -0.112. The van der Waals surface area contributed by atoms with E-state index in [-0.39, 0.29) is 23.4 Å². The maximum absolute atomic E-state index is 14.4. The molecule has 1 rings (SSSR count). The monoisotopic (exact) mass is 568 g/mol. The van der Waals surface area contributed by atoms with Crippen molar-refractivity contribution < 1.29 is 27.1 Å². The molecule has 9 heteroatoms. The lowest BCUT2D eigenvalue weighted by atomic mass is 10.1. The maximum atomic E-state index is 14.4. The first-order chi connectivity index (χ1) is 18.1. The van der Waals surface area contributed by atoms with Crippen LogP contribution in [0.5, 0.6) is 0 Å². The number of nitrogens with one attached hydrogen (secondary N) is 2. The molecule has 1 amide bonds. The highest BCUT2D eigenvalue weighted by Crippen LogP contribution is 2.26. The van der Waals surface area contributed by atoms with Gasteiger partial charge in [-0.25, -0.2) is 12.8 Å². The van der Waals surface area contributed by atoms with Gasteiger partial charge < -0.3 is 20.2 Å². The van der Waals surface area contributed by atoms with E-state index in [1.54, 1.807) is 48.2 Å². The van der Waals surface area contributed by atoms with E-state index in [2.05, 4.69) is 10.1 Å². The molecule has 39 heavy (non-hydrogen) atoms. The Morgan fingerprint density at radius 3 is 2.05 bits per heavy atom. The summed E-state index contributed by atoms with van der Waals surface area (Å²) < 4.78 is 48.5. The van der Waals surface area contributed by atoms with Gasteiger partial charge in [-0.05, 0) is 83.4 Å². The molecule has 7 nitrogen and oxygen atoms in total. The second-order valence-electron chi connectivity index (χ2n) is 9.17. The normalized spacial score (nSPS) is 12.7. The van der Waals surface area contributed by atoms with E-state index in [0.29, 0.717) is 16.9 Å². The molecular formula is C30H49FN2O5S. The highest BCUT2D eigenvalue weighted by Gasteiger charge is 2.38. The van der Waals surface area contributed by atoms with Gasteiger partial charge in [0.05, 0.1) is 12.9 Å². The highest BCUT2D eigenvalue weighted by atomic mass is 32.2. The quantitative estimate of drug-likeness (QED) is 0.125. The van der Waals surface area contributed by atoms with Gasteiger partial charge in [0, 0.05) is 36.8 Å². The van der Waals surface area contributed by atoms with Crippen LogP contribution in [-0.4, -0.2) is 46.1 Å². The highest BCUT2D eigenvalue weighted by molar-refractivity contribution is 7.92.